The fourth-order valence-corrected chi connectivity index (χ4v) is 4.97. The minimum atomic E-state index is -3.29. The number of nitrogens with one attached hydrogen (secondary N) is 2. The summed E-state index contributed by atoms with van der Waals surface area (Å²) in [5.41, 5.74) is 2.04. The van der Waals surface area contributed by atoms with Crippen LogP contribution in [-0.4, -0.2) is 54.5 Å². The van der Waals surface area contributed by atoms with Crippen molar-refractivity contribution in [2.75, 3.05) is 37.7 Å². The molecule has 2 N–H and O–H groups in total. The van der Waals surface area contributed by atoms with Crippen LogP contribution in [0.5, 0.6) is 0 Å². The van der Waals surface area contributed by atoms with Gasteiger partial charge in [-0.15, -0.1) is 0 Å². The van der Waals surface area contributed by atoms with Crippen LogP contribution in [0.1, 0.15) is 11.1 Å². The van der Waals surface area contributed by atoms with E-state index in [1.54, 1.807) is 48.5 Å². The second-order valence-corrected chi connectivity index (χ2v) is 11.0. The Balaban J connectivity index is 1.63. The van der Waals surface area contributed by atoms with Crippen molar-refractivity contribution in [3.63, 3.8) is 0 Å². The number of hydrogen-bond acceptors (Lipinski definition) is 6. The summed E-state index contributed by atoms with van der Waals surface area (Å²) in [7, 11) is -6.58. The maximum atomic E-state index is 12.2. The van der Waals surface area contributed by atoms with Crippen LogP contribution in [0.4, 0.5) is 0 Å². The number of sulfone groups is 2. The third kappa shape index (κ3) is 7.01. The van der Waals surface area contributed by atoms with Crippen LogP contribution in [0.25, 0.3) is 0 Å². The Morgan fingerprint density at radius 1 is 0.571 bits per heavy atom. The van der Waals surface area contributed by atoms with Crippen molar-refractivity contribution in [1.82, 2.24) is 10.6 Å². The van der Waals surface area contributed by atoms with Crippen LogP contribution >= 0.6 is 0 Å². The smallest absolute Gasteiger partial charge is 0.179 e. The maximum absolute atomic E-state index is 12.2. The monoisotopic (exact) mass is 424 g/mol. The molecule has 2 aromatic rings. The van der Waals surface area contributed by atoms with Crippen LogP contribution in [-0.2, 0) is 19.7 Å². The SMILES string of the molecule is Cc1ccc(S(=O)(=O)CCNCCNCCS(=O)(=O)c2ccc(C)cc2)cc1. The Morgan fingerprint density at radius 2 is 0.893 bits per heavy atom. The second kappa shape index (κ2) is 10.2. The van der Waals surface area contributed by atoms with Gasteiger partial charge in [0, 0.05) is 26.2 Å². The Morgan fingerprint density at radius 3 is 1.21 bits per heavy atom. The Kier molecular flexibility index (Phi) is 8.18. The van der Waals surface area contributed by atoms with Gasteiger partial charge in [0.15, 0.2) is 19.7 Å². The minimum Gasteiger partial charge on any atom is -0.314 e. The van der Waals surface area contributed by atoms with Gasteiger partial charge in [0.25, 0.3) is 0 Å². The summed E-state index contributed by atoms with van der Waals surface area (Å²) in [6.07, 6.45) is 0. The van der Waals surface area contributed by atoms with Gasteiger partial charge in [-0.3, -0.25) is 0 Å². The molecular formula is C20H28N2O4S2. The summed E-state index contributed by atoms with van der Waals surface area (Å²) in [6, 6.07) is 13.6. The maximum Gasteiger partial charge on any atom is 0.179 e. The molecule has 0 aliphatic rings. The van der Waals surface area contributed by atoms with Gasteiger partial charge in [-0.2, -0.15) is 0 Å². The van der Waals surface area contributed by atoms with Gasteiger partial charge in [0.05, 0.1) is 21.3 Å². The molecule has 0 aromatic heterocycles. The van der Waals surface area contributed by atoms with Crippen molar-refractivity contribution >= 4 is 19.7 Å². The summed E-state index contributed by atoms with van der Waals surface area (Å²) in [4.78, 5) is 0.665. The fourth-order valence-electron chi connectivity index (χ4n) is 2.57. The molecule has 154 valence electrons. The molecule has 0 unspecified atom stereocenters. The average Bonchev–Trinajstić information content (AvgIpc) is 2.64. The number of benzene rings is 2. The van der Waals surface area contributed by atoms with E-state index < -0.39 is 19.7 Å². The van der Waals surface area contributed by atoms with Crippen molar-refractivity contribution in [3.8, 4) is 0 Å². The van der Waals surface area contributed by atoms with E-state index >= 15 is 0 Å². The van der Waals surface area contributed by atoms with Gasteiger partial charge in [0.1, 0.15) is 0 Å². The summed E-state index contributed by atoms with van der Waals surface area (Å²) in [5, 5.41) is 6.13. The predicted molar refractivity (Wildman–Crippen MR) is 112 cm³/mol. The molecule has 0 aliphatic carbocycles. The zero-order chi connectivity index (χ0) is 20.6. The number of rotatable bonds is 11. The zero-order valence-electron chi connectivity index (χ0n) is 16.3. The first-order valence-electron chi connectivity index (χ1n) is 9.21. The van der Waals surface area contributed by atoms with E-state index in [9.17, 15) is 16.8 Å². The molecule has 0 heterocycles. The van der Waals surface area contributed by atoms with E-state index in [0.29, 0.717) is 36.0 Å². The Hall–Kier alpha value is -1.74. The first-order valence-corrected chi connectivity index (χ1v) is 12.5. The molecule has 28 heavy (non-hydrogen) atoms. The van der Waals surface area contributed by atoms with Crippen molar-refractivity contribution in [2.24, 2.45) is 0 Å². The predicted octanol–water partition coefficient (Wildman–Crippen LogP) is 1.73. The van der Waals surface area contributed by atoms with E-state index in [-0.39, 0.29) is 11.5 Å². The van der Waals surface area contributed by atoms with Crippen LogP contribution in [0.15, 0.2) is 58.3 Å². The molecule has 0 bridgehead atoms. The lowest BCUT2D eigenvalue weighted by atomic mass is 10.2. The number of aryl methyl sites for hydroxylation is 2. The molecule has 0 saturated heterocycles. The largest absolute Gasteiger partial charge is 0.314 e. The van der Waals surface area contributed by atoms with E-state index in [2.05, 4.69) is 10.6 Å². The molecule has 0 fully saturated rings. The third-order valence-corrected chi connectivity index (χ3v) is 7.80. The summed E-state index contributed by atoms with van der Waals surface area (Å²) in [5.74, 6) is 0.0513. The Bertz CT molecular complexity index is 871. The quantitative estimate of drug-likeness (QED) is 0.534. The lowest BCUT2D eigenvalue weighted by molar-refractivity contribution is 0.581. The van der Waals surface area contributed by atoms with E-state index in [1.165, 1.54) is 0 Å². The molecule has 2 rings (SSSR count). The molecule has 2 aromatic carbocycles. The van der Waals surface area contributed by atoms with Gasteiger partial charge < -0.3 is 10.6 Å². The topological polar surface area (TPSA) is 92.3 Å². The molecule has 6 nitrogen and oxygen atoms in total. The van der Waals surface area contributed by atoms with Crippen molar-refractivity contribution in [1.29, 1.82) is 0 Å². The molecule has 0 atom stereocenters. The third-order valence-electron chi connectivity index (χ3n) is 4.33. The Labute approximate surface area is 168 Å². The lowest BCUT2D eigenvalue weighted by Gasteiger charge is -2.09. The molecule has 0 spiro atoms. The summed E-state index contributed by atoms with van der Waals surface area (Å²) in [6.45, 7) is 5.65. The molecule has 0 amide bonds. The van der Waals surface area contributed by atoms with Gasteiger partial charge in [0.2, 0.25) is 0 Å². The first-order chi connectivity index (χ1) is 13.2. The normalized spacial score (nSPS) is 12.2. The molecular weight excluding hydrogens is 396 g/mol. The molecule has 0 radical (unpaired) electrons. The highest BCUT2D eigenvalue weighted by atomic mass is 32.2. The van der Waals surface area contributed by atoms with Crippen LogP contribution in [0.2, 0.25) is 0 Å². The zero-order valence-corrected chi connectivity index (χ0v) is 17.9. The van der Waals surface area contributed by atoms with Crippen LogP contribution < -0.4 is 10.6 Å². The highest BCUT2D eigenvalue weighted by molar-refractivity contribution is 7.91. The summed E-state index contributed by atoms with van der Waals surface area (Å²) < 4.78 is 48.9. The first kappa shape index (κ1) is 22.5. The fraction of sp³-hybridized carbons (Fsp3) is 0.400. The molecule has 8 heteroatoms. The van der Waals surface area contributed by atoms with Crippen molar-refractivity contribution in [2.45, 2.75) is 23.6 Å². The van der Waals surface area contributed by atoms with Crippen LogP contribution in [0, 0.1) is 13.8 Å². The average molecular weight is 425 g/mol. The standard InChI is InChI=1S/C20H28N2O4S2/c1-17-3-7-19(8-4-17)27(23,24)15-13-21-11-12-22-14-16-28(25,26)20-9-5-18(2)6-10-20/h3-10,21-22H,11-16H2,1-2H3. The van der Waals surface area contributed by atoms with Gasteiger partial charge >= 0.3 is 0 Å². The molecule has 0 aliphatic heterocycles. The van der Waals surface area contributed by atoms with Gasteiger partial charge in [-0.25, -0.2) is 16.8 Å². The van der Waals surface area contributed by atoms with Crippen molar-refractivity contribution < 1.29 is 16.8 Å². The van der Waals surface area contributed by atoms with Crippen molar-refractivity contribution in [3.05, 3.63) is 59.7 Å². The summed E-state index contributed by atoms with van der Waals surface area (Å²) >= 11 is 0. The highest BCUT2D eigenvalue weighted by Crippen LogP contribution is 2.12. The van der Waals surface area contributed by atoms with E-state index in [1.807, 2.05) is 13.8 Å². The second-order valence-electron chi connectivity index (χ2n) is 6.76. The van der Waals surface area contributed by atoms with Gasteiger partial charge in [-0.1, -0.05) is 35.4 Å². The van der Waals surface area contributed by atoms with E-state index in [4.69, 9.17) is 0 Å². The van der Waals surface area contributed by atoms with E-state index in [0.717, 1.165) is 11.1 Å². The number of hydrogen-bond donors (Lipinski definition) is 2. The highest BCUT2D eigenvalue weighted by Gasteiger charge is 2.14. The minimum absolute atomic E-state index is 0.0257. The van der Waals surface area contributed by atoms with Gasteiger partial charge in [-0.05, 0) is 38.1 Å². The molecule has 0 saturated carbocycles. The van der Waals surface area contributed by atoms with Crippen LogP contribution in [0.3, 0.4) is 0 Å². The lowest BCUT2D eigenvalue weighted by Crippen LogP contribution is -2.32.